The van der Waals surface area contributed by atoms with Crippen LogP contribution < -0.4 is 5.73 Å². The number of likely N-dealkylation sites (N-methyl/N-ethyl adjacent to an activating group) is 1. The summed E-state index contributed by atoms with van der Waals surface area (Å²) in [6.45, 7) is 10.4. The van der Waals surface area contributed by atoms with Crippen LogP contribution in [-0.2, 0) is 10.3 Å². The van der Waals surface area contributed by atoms with E-state index in [-0.39, 0.29) is 40.8 Å². The SMILES string of the molecule is CC(C)n1c(C(C)(C)O)nc2c(F)cc(-c3nc(N)ncc3Cl)cc21.CN1CCN(C(=O)OC2CCCC(O)C2)CC1. The van der Waals surface area contributed by atoms with Gasteiger partial charge in [-0.25, -0.2) is 24.1 Å². The molecule has 11 nitrogen and oxygen atoms in total. The number of fused-ring (bicyclic) bond motifs is 1. The fourth-order valence-corrected chi connectivity index (χ4v) is 5.46. The maximum absolute atomic E-state index is 14.7. The maximum atomic E-state index is 14.7. The lowest BCUT2D eigenvalue weighted by atomic mass is 9.95. The number of aromatic nitrogens is 4. The topological polar surface area (TPSA) is 143 Å². The van der Waals surface area contributed by atoms with Gasteiger partial charge in [-0.15, -0.1) is 0 Å². The summed E-state index contributed by atoms with van der Waals surface area (Å²) in [4.78, 5) is 28.1. The molecule has 1 aliphatic heterocycles. The van der Waals surface area contributed by atoms with Crippen molar-refractivity contribution in [3.05, 3.63) is 35.0 Å². The van der Waals surface area contributed by atoms with Crippen molar-refractivity contribution in [2.24, 2.45) is 0 Å². The number of halogens is 2. The highest BCUT2D eigenvalue weighted by atomic mass is 35.5. The number of ether oxygens (including phenoxy) is 1. The van der Waals surface area contributed by atoms with Gasteiger partial charge in [-0.1, -0.05) is 11.6 Å². The van der Waals surface area contributed by atoms with Gasteiger partial charge in [-0.2, -0.15) is 0 Å². The van der Waals surface area contributed by atoms with Crippen molar-refractivity contribution < 1.29 is 24.1 Å². The molecule has 0 spiro atoms. The Bertz CT molecular complexity index is 1400. The number of carbonyl (C=O) groups excluding carboxylic acids is 1. The monoisotopic (exact) mass is 605 g/mol. The number of carbonyl (C=O) groups is 1. The normalized spacial score (nSPS) is 20.0. The summed E-state index contributed by atoms with van der Waals surface area (Å²) in [5.74, 6) is -0.0815. The molecule has 0 bridgehead atoms. The van der Waals surface area contributed by atoms with Gasteiger partial charge in [0.05, 0.1) is 28.5 Å². The van der Waals surface area contributed by atoms with Crippen LogP contribution >= 0.6 is 11.6 Å². The number of piperazine rings is 1. The van der Waals surface area contributed by atoms with Gasteiger partial charge in [-0.05, 0) is 66.1 Å². The molecule has 1 aromatic carbocycles. The average molecular weight is 606 g/mol. The Kier molecular flexibility index (Phi) is 9.92. The van der Waals surface area contributed by atoms with E-state index in [1.54, 1.807) is 29.4 Å². The minimum absolute atomic E-state index is 0.0352. The molecule has 3 aromatic rings. The fourth-order valence-electron chi connectivity index (χ4n) is 5.26. The first-order valence-electron chi connectivity index (χ1n) is 14.3. The molecule has 0 radical (unpaired) electrons. The third-order valence-corrected chi connectivity index (χ3v) is 7.75. The van der Waals surface area contributed by atoms with Crippen LogP contribution in [0.1, 0.15) is 65.2 Å². The highest BCUT2D eigenvalue weighted by Gasteiger charge is 2.29. The number of imidazole rings is 1. The number of hydrogen-bond acceptors (Lipinski definition) is 9. The van der Waals surface area contributed by atoms with Gasteiger partial charge >= 0.3 is 6.09 Å². The molecule has 2 unspecified atom stereocenters. The Labute approximate surface area is 250 Å². The summed E-state index contributed by atoms with van der Waals surface area (Å²) in [6.07, 6.45) is 4.04. The number of anilines is 1. The Morgan fingerprint density at radius 2 is 1.88 bits per heavy atom. The van der Waals surface area contributed by atoms with Gasteiger partial charge in [0.25, 0.3) is 0 Å². The lowest BCUT2D eigenvalue weighted by Crippen LogP contribution is -2.48. The highest BCUT2D eigenvalue weighted by Crippen LogP contribution is 2.34. The first-order chi connectivity index (χ1) is 19.7. The molecule has 1 aliphatic carbocycles. The minimum Gasteiger partial charge on any atom is -0.446 e. The summed E-state index contributed by atoms with van der Waals surface area (Å²) in [6, 6.07) is 3.02. The van der Waals surface area contributed by atoms with Gasteiger partial charge in [0.15, 0.2) is 5.82 Å². The molecule has 2 aliphatic rings. The number of nitrogens with zero attached hydrogens (tertiary/aromatic N) is 6. The lowest BCUT2D eigenvalue weighted by Gasteiger charge is -2.34. The number of rotatable bonds is 4. The van der Waals surface area contributed by atoms with Crippen LogP contribution in [0.3, 0.4) is 0 Å². The fraction of sp³-hybridized carbons (Fsp3) is 0.586. The molecule has 1 saturated heterocycles. The summed E-state index contributed by atoms with van der Waals surface area (Å²) in [5.41, 5.74) is 5.96. The van der Waals surface area contributed by atoms with E-state index < -0.39 is 11.4 Å². The molecule has 3 heterocycles. The molecule has 2 aromatic heterocycles. The molecule has 2 fully saturated rings. The second-order valence-electron chi connectivity index (χ2n) is 11.8. The third kappa shape index (κ3) is 7.47. The highest BCUT2D eigenvalue weighted by molar-refractivity contribution is 6.33. The van der Waals surface area contributed by atoms with Crippen molar-refractivity contribution in [1.29, 1.82) is 0 Å². The van der Waals surface area contributed by atoms with Crippen LogP contribution in [0.25, 0.3) is 22.3 Å². The number of nitrogens with two attached hydrogens (primary N) is 1. The van der Waals surface area contributed by atoms with Crippen molar-refractivity contribution in [3.63, 3.8) is 0 Å². The van der Waals surface area contributed by atoms with Gasteiger partial charge < -0.3 is 35.1 Å². The quantitative estimate of drug-likeness (QED) is 0.395. The predicted octanol–water partition coefficient (Wildman–Crippen LogP) is 4.35. The summed E-state index contributed by atoms with van der Waals surface area (Å²) in [7, 11) is 2.06. The summed E-state index contributed by atoms with van der Waals surface area (Å²) >= 11 is 6.15. The first-order valence-corrected chi connectivity index (χ1v) is 14.7. The average Bonchev–Trinajstić information content (AvgIpc) is 3.32. The molecule has 2 atom stereocenters. The van der Waals surface area contributed by atoms with E-state index in [0.29, 0.717) is 29.0 Å². The van der Waals surface area contributed by atoms with Crippen molar-refractivity contribution in [2.45, 2.75) is 77.2 Å². The summed E-state index contributed by atoms with van der Waals surface area (Å²) in [5, 5.41) is 20.2. The second-order valence-corrected chi connectivity index (χ2v) is 12.2. The Morgan fingerprint density at radius 1 is 1.19 bits per heavy atom. The number of aliphatic hydroxyl groups excluding tert-OH is 1. The van der Waals surface area contributed by atoms with Crippen LogP contribution in [0.15, 0.2) is 18.3 Å². The minimum atomic E-state index is -1.22. The van der Waals surface area contributed by atoms with Gasteiger partial charge in [0.1, 0.15) is 23.0 Å². The van der Waals surface area contributed by atoms with Gasteiger partial charge in [0.2, 0.25) is 5.95 Å². The zero-order valence-electron chi connectivity index (χ0n) is 24.8. The largest absolute Gasteiger partial charge is 0.446 e. The molecule has 13 heteroatoms. The number of benzene rings is 1. The summed E-state index contributed by atoms with van der Waals surface area (Å²) < 4.78 is 22.0. The molecule has 1 saturated carbocycles. The van der Waals surface area contributed by atoms with E-state index in [1.807, 2.05) is 13.8 Å². The number of aliphatic hydroxyl groups is 2. The molecular formula is C29H41ClFN7O4. The van der Waals surface area contributed by atoms with Crippen molar-refractivity contribution in [2.75, 3.05) is 39.0 Å². The molecule has 5 rings (SSSR count). The standard InChI is InChI=1S/C17H19ClFN5O.C12H22N2O3/c1-8(2)24-12-6-9(13-10(18)7-21-16(20)23-13)5-11(19)14(12)22-15(24)17(3,4)25;1-13-5-7-14(8-6-13)12(16)17-11-4-2-3-10(15)9-11/h5-8,25H,1-4H3,(H2,20,21,23);10-11,15H,2-9H2,1H3. The van der Waals surface area contributed by atoms with E-state index in [9.17, 15) is 19.4 Å². The molecule has 4 N–H and O–H groups in total. The van der Waals surface area contributed by atoms with E-state index in [4.69, 9.17) is 22.1 Å². The molecule has 1 amide bonds. The van der Waals surface area contributed by atoms with E-state index >= 15 is 0 Å². The van der Waals surface area contributed by atoms with Crippen molar-refractivity contribution >= 4 is 34.7 Å². The number of hydrogen-bond donors (Lipinski definition) is 3. The van der Waals surface area contributed by atoms with E-state index in [2.05, 4.69) is 26.9 Å². The second kappa shape index (κ2) is 13.1. The Morgan fingerprint density at radius 3 is 2.50 bits per heavy atom. The van der Waals surface area contributed by atoms with Gasteiger partial charge in [-0.3, -0.25) is 0 Å². The number of amides is 1. The van der Waals surface area contributed by atoms with Crippen LogP contribution in [0.4, 0.5) is 15.1 Å². The lowest BCUT2D eigenvalue weighted by molar-refractivity contribution is 0.00258. The van der Waals surface area contributed by atoms with E-state index in [0.717, 1.165) is 45.4 Å². The van der Waals surface area contributed by atoms with Gasteiger partial charge in [0, 0.05) is 44.2 Å². The Balaban J connectivity index is 0.000000208. The smallest absolute Gasteiger partial charge is 0.410 e. The third-order valence-electron chi connectivity index (χ3n) is 7.48. The van der Waals surface area contributed by atoms with Crippen LogP contribution in [0, 0.1) is 5.82 Å². The van der Waals surface area contributed by atoms with Crippen molar-refractivity contribution in [3.8, 4) is 11.3 Å². The molecule has 42 heavy (non-hydrogen) atoms. The zero-order chi connectivity index (χ0) is 30.8. The van der Waals surface area contributed by atoms with E-state index in [1.165, 1.54) is 12.3 Å². The van der Waals surface area contributed by atoms with Crippen molar-refractivity contribution in [1.82, 2.24) is 29.3 Å². The first kappa shape index (κ1) is 31.9. The van der Waals surface area contributed by atoms with Crippen LogP contribution in [0.5, 0.6) is 0 Å². The number of nitrogen functional groups attached to an aromatic ring is 1. The molecule has 230 valence electrons. The molecular weight excluding hydrogens is 565 g/mol. The predicted molar refractivity (Wildman–Crippen MR) is 160 cm³/mol. The Hall–Kier alpha value is -3.06. The maximum Gasteiger partial charge on any atom is 0.410 e. The van der Waals surface area contributed by atoms with Crippen LogP contribution in [-0.4, -0.2) is 91.1 Å². The van der Waals surface area contributed by atoms with Crippen LogP contribution in [0.2, 0.25) is 5.02 Å². The zero-order valence-corrected chi connectivity index (χ0v) is 25.6.